The molecule has 118 valence electrons. The van der Waals surface area contributed by atoms with Crippen molar-refractivity contribution in [3.63, 3.8) is 0 Å². The molecule has 0 aliphatic rings. The lowest BCUT2D eigenvalue weighted by atomic mass is 10.2. The van der Waals surface area contributed by atoms with Crippen LogP contribution in [0.25, 0.3) is 0 Å². The Balaban J connectivity index is 2.79. The predicted molar refractivity (Wildman–Crippen MR) is 97.2 cm³/mol. The van der Waals surface area contributed by atoms with Crippen LogP contribution in [-0.4, -0.2) is 38.1 Å². The molecule has 2 N–H and O–H groups in total. The van der Waals surface area contributed by atoms with Crippen LogP contribution in [0.3, 0.4) is 0 Å². The molecule has 0 aliphatic carbocycles. The number of rotatable bonds is 8. The molecule has 1 rings (SSSR count). The maximum absolute atomic E-state index is 12.3. The van der Waals surface area contributed by atoms with Gasteiger partial charge in [0.2, 0.25) is 15.9 Å². The summed E-state index contributed by atoms with van der Waals surface area (Å²) in [4.78, 5) is 12.3. The van der Waals surface area contributed by atoms with E-state index in [0.717, 1.165) is 3.57 Å². The van der Waals surface area contributed by atoms with E-state index in [1.807, 2.05) is 24.5 Å². The third-order valence-corrected chi connectivity index (χ3v) is 5.44. The van der Waals surface area contributed by atoms with Gasteiger partial charge < -0.3 is 5.32 Å². The van der Waals surface area contributed by atoms with E-state index in [-0.39, 0.29) is 11.7 Å². The molecule has 0 saturated carbocycles. The van der Waals surface area contributed by atoms with Crippen LogP contribution in [0.1, 0.15) is 13.3 Å². The van der Waals surface area contributed by atoms with Crippen LogP contribution in [0.5, 0.6) is 0 Å². The summed E-state index contributed by atoms with van der Waals surface area (Å²) in [5, 5.41) is 2.76. The second kappa shape index (κ2) is 8.96. The molecule has 0 aromatic heterocycles. The Morgan fingerprint density at radius 2 is 2.14 bits per heavy atom. The fourth-order valence-corrected chi connectivity index (χ4v) is 3.41. The Morgan fingerprint density at radius 3 is 2.71 bits per heavy atom. The van der Waals surface area contributed by atoms with E-state index in [1.54, 1.807) is 24.8 Å². The first kappa shape index (κ1) is 18.7. The van der Waals surface area contributed by atoms with Crippen LogP contribution in [-0.2, 0) is 14.8 Å². The number of benzene rings is 1. The van der Waals surface area contributed by atoms with E-state index >= 15 is 0 Å². The van der Waals surface area contributed by atoms with Gasteiger partial charge in [-0.3, -0.25) is 4.79 Å². The molecule has 1 amide bonds. The second-order valence-electron chi connectivity index (χ2n) is 4.35. The van der Waals surface area contributed by atoms with Crippen molar-refractivity contribution in [3.05, 3.63) is 27.8 Å². The normalized spacial score (nSPS) is 12.9. The highest BCUT2D eigenvalue weighted by Gasteiger charge is 2.23. The lowest BCUT2D eigenvalue weighted by molar-refractivity contribution is -0.117. The standard InChI is InChI=1S/C13H19IN2O3S2/c1-3-21(18,19)16-12(7-8-20-2)13(17)15-11-6-4-5-10(14)9-11/h4-6,9,12,16H,3,7-8H2,1-2H3,(H,15,17). The van der Waals surface area contributed by atoms with Gasteiger partial charge in [0.05, 0.1) is 5.75 Å². The lowest BCUT2D eigenvalue weighted by Crippen LogP contribution is -2.44. The zero-order chi connectivity index (χ0) is 15.9. The summed E-state index contributed by atoms with van der Waals surface area (Å²) in [6.07, 6.45) is 2.37. The summed E-state index contributed by atoms with van der Waals surface area (Å²) in [6.45, 7) is 1.55. The van der Waals surface area contributed by atoms with Crippen molar-refractivity contribution in [1.29, 1.82) is 0 Å². The first-order chi connectivity index (χ1) is 9.88. The van der Waals surface area contributed by atoms with Gasteiger partial charge in [0, 0.05) is 9.26 Å². The Bertz CT molecular complexity index is 579. The summed E-state index contributed by atoms with van der Waals surface area (Å²) < 4.78 is 26.8. The van der Waals surface area contributed by atoms with Gasteiger partial charge in [0.25, 0.3) is 0 Å². The molecule has 0 bridgehead atoms. The van der Waals surface area contributed by atoms with Crippen molar-refractivity contribution in [1.82, 2.24) is 4.72 Å². The second-order valence-corrected chi connectivity index (χ2v) is 8.63. The van der Waals surface area contributed by atoms with Crippen LogP contribution in [0, 0.1) is 3.57 Å². The fraction of sp³-hybridized carbons (Fsp3) is 0.462. The van der Waals surface area contributed by atoms with Crippen LogP contribution in [0.4, 0.5) is 5.69 Å². The summed E-state index contributed by atoms with van der Waals surface area (Å²) >= 11 is 3.73. The molecule has 1 aromatic rings. The van der Waals surface area contributed by atoms with Gasteiger partial charge in [-0.25, -0.2) is 13.1 Å². The third-order valence-electron chi connectivity index (χ3n) is 2.72. The average molecular weight is 442 g/mol. The fourth-order valence-electron chi connectivity index (χ4n) is 1.57. The van der Waals surface area contributed by atoms with E-state index in [0.29, 0.717) is 17.9 Å². The summed E-state index contributed by atoms with van der Waals surface area (Å²) in [5.41, 5.74) is 0.664. The quantitative estimate of drug-likeness (QED) is 0.606. The molecule has 0 saturated heterocycles. The SMILES string of the molecule is CCS(=O)(=O)NC(CCSC)C(=O)Nc1cccc(I)c1. The molecule has 1 atom stereocenters. The van der Waals surface area contributed by atoms with Gasteiger partial charge in [0.1, 0.15) is 6.04 Å². The molecule has 5 nitrogen and oxygen atoms in total. The zero-order valence-corrected chi connectivity index (χ0v) is 15.7. The van der Waals surface area contributed by atoms with Crippen molar-refractivity contribution in [2.75, 3.05) is 23.1 Å². The molecule has 1 unspecified atom stereocenters. The van der Waals surface area contributed by atoms with Crippen LogP contribution in [0.2, 0.25) is 0 Å². The van der Waals surface area contributed by atoms with E-state index in [9.17, 15) is 13.2 Å². The number of carbonyl (C=O) groups excluding carboxylic acids is 1. The first-order valence-corrected chi connectivity index (χ1v) is 10.6. The Morgan fingerprint density at radius 1 is 1.43 bits per heavy atom. The third kappa shape index (κ3) is 6.98. The monoisotopic (exact) mass is 442 g/mol. The molecule has 0 radical (unpaired) electrons. The number of amides is 1. The highest BCUT2D eigenvalue weighted by atomic mass is 127. The molecular formula is C13H19IN2O3S2. The number of carbonyl (C=O) groups is 1. The van der Waals surface area contributed by atoms with E-state index in [4.69, 9.17) is 0 Å². The minimum Gasteiger partial charge on any atom is -0.325 e. The number of hydrogen-bond donors (Lipinski definition) is 2. The maximum atomic E-state index is 12.3. The summed E-state index contributed by atoms with van der Waals surface area (Å²) in [6, 6.07) is 6.62. The number of thioether (sulfide) groups is 1. The Kier molecular flexibility index (Phi) is 7.99. The van der Waals surface area contributed by atoms with Gasteiger partial charge in [0.15, 0.2) is 0 Å². The molecule has 0 fully saturated rings. The highest BCUT2D eigenvalue weighted by Crippen LogP contribution is 2.13. The lowest BCUT2D eigenvalue weighted by Gasteiger charge is -2.17. The molecule has 1 aromatic carbocycles. The minimum atomic E-state index is -3.42. The molecular weight excluding hydrogens is 423 g/mol. The van der Waals surface area contributed by atoms with Crippen molar-refractivity contribution >= 4 is 56.0 Å². The van der Waals surface area contributed by atoms with E-state index in [2.05, 4.69) is 32.6 Å². The minimum absolute atomic E-state index is 0.0424. The number of halogens is 1. The number of anilines is 1. The average Bonchev–Trinajstić information content (AvgIpc) is 2.43. The largest absolute Gasteiger partial charge is 0.325 e. The zero-order valence-electron chi connectivity index (χ0n) is 11.9. The van der Waals surface area contributed by atoms with Gasteiger partial charge in [-0.1, -0.05) is 6.07 Å². The van der Waals surface area contributed by atoms with Crippen LogP contribution < -0.4 is 10.0 Å². The molecule has 0 heterocycles. The van der Waals surface area contributed by atoms with E-state index in [1.165, 1.54) is 0 Å². The maximum Gasteiger partial charge on any atom is 0.242 e. The summed E-state index contributed by atoms with van der Waals surface area (Å²) in [5.74, 6) is 0.332. The predicted octanol–water partition coefficient (Wildman–Crippen LogP) is 2.29. The topological polar surface area (TPSA) is 75.3 Å². The molecule has 0 spiro atoms. The number of sulfonamides is 1. The molecule has 8 heteroatoms. The van der Waals surface area contributed by atoms with Crippen molar-refractivity contribution < 1.29 is 13.2 Å². The first-order valence-electron chi connectivity index (χ1n) is 6.43. The molecule has 0 aliphatic heterocycles. The number of hydrogen-bond acceptors (Lipinski definition) is 4. The van der Waals surface area contributed by atoms with Crippen molar-refractivity contribution in [3.8, 4) is 0 Å². The number of nitrogens with one attached hydrogen (secondary N) is 2. The Hall–Kier alpha value is -0.320. The summed E-state index contributed by atoms with van der Waals surface area (Å²) in [7, 11) is -3.42. The van der Waals surface area contributed by atoms with Crippen LogP contribution >= 0.6 is 34.4 Å². The van der Waals surface area contributed by atoms with Gasteiger partial charge in [-0.15, -0.1) is 0 Å². The van der Waals surface area contributed by atoms with Crippen molar-refractivity contribution in [2.45, 2.75) is 19.4 Å². The van der Waals surface area contributed by atoms with Crippen LogP contribution in [0.15, 0.2) is 24.3 Å². The van der Waals surface area contributed by atoms with Gasteiger partial charge in [-0.2, -0.15) is 11.8 Å². The van der Waals surface area contributed by atoms with E-state index < -0.39 is 16.1 Å². The highest BCUT2D eigenvalue weighted by molar-refractivity contribution is 14.1. The smallest absolute Gasteiger partial charge is 0.242 e. The van der Waals surface area contributed by atoms with Gasteiger partial charge >= 0.3 is 0 Å². The van der Waals surface area contributed by atoms with Gasteiger partial charge in [-0.05, 0) is 66.1 Å². The Labute approximate surface area is 143 Å². The molecule has 21 heavy (non-hydrogen) atoms. The van der Waals surface area contributed by atoms with Crippen molar-refractivity contribution in [2.24, 2.45) is 0 Å².